The summed E-state index contributed by atoms with van der Waals surface area (Å²) in [4.78, 5) is 10.9. The fourth-order valence-corrected chi connectivity index (χ4v) is 2.27. The van der Waals surface area contributed by atoms with Crippen molar-refractivity contribution in [2.75, 3.05) is 0 Å². The average Bonchev–Trinajstić information content (AvgIpc) is 2.95. The Morgan fingerprint density at radius 2 is 2.16 bits per heavy atom. The van der Waals surface area contributed by atoms with Crippen LogP contribution in [0.4, 0.5) is 0 Å². The van der Waals surface area contributed by atoms with E-state index in [1.807, 2.05) is 36.9 Å². The van der Waals surface area contributed by atoms with Gasteiger partial charge in [-0.1, -0.05) is 12.1 Å². The fraction of sp³-hybridized carbons (Fsp3) is 0.143. The highest BCUT2D eigenvalue weighted by Gasteiger charge is 2.14. The summed E-state index contributed by atoms with van der Waals surface area (Å²) in [5.74, 6) is -1.00. The van der Waals surface area contributed by atoms with Crippen LogP contribution in [0.1, 0.15) is 16.1 Å². The predicted molar refractivity (Wildman–Crippen MR) is 72.2 cm³/mol. The van der Waals surface area contributed by atoms with E-state index in [0.717, 1.165) is 16.5 Å². The van der Waals surface area contributed by atoms with E-state index in [1.54, 1.807) is 6.07 Å². The standard InChI is InChI=1S/C14H13N3O2/c1-8-3-4-9-10(7-17(2)13(9)5-8)11-6-12(14(18)19)16-15-11/h3-7H,1-2H3,(H,15,16)(H,18,19). The minimum absolute atomic E-state index is 0.0964. The number of H-pyrrole nitrogens is 1. The molecular formula is C14H13N3O2. The van der Waals surface area contributed by atoms with Gasteiger partial charge in [0.25, 0.3) is 0 Å². The lowest BCUT2D eigenvalue weighted by atomic mass is 10.1. The normalized spacial score (nSPS) is 11.1. The van der Waals surface area contributed by atoms with Crippen LogP contribution < -0.4 is 0 Å². The first kappa shape index (κ1) is 11.5. The van der Waals surface area contributed by atoms with Crippen LogP contribution in [0.3, 0.4) is 0 Å². The van der Waals surface area contributed by atoms with Gasteiger partial charge in [0, 0.05) is 29.7 Å². The van der Waals surface area contributed by atoms with E-state index in [4.69, 9.17) is 5.11 Å². The topological polar surface area (TPSA) is 70.9 Å². The molecule has 0 saturated carbocycles. The summed E-state index contributed by atoms with van der Waals surface area (Å²) in [5, 5.41) is 16.6. The van der Waals surface area contributed by atoms with Gasteiger partial charge in [0.1, 0.15) is 5.69 Å². The molecule has 1 aromatic carbocycles. The van der Waals surface area contributed by atoms with Crippen molar-refractivity contribution in [1.82, 2.24) is 14.8 Å². The second kappa shape index (κ2) is 3.98. The summed E-state index contributed by atoms with van der Waals surface area (Å²) in [7, 11) is 1.97. The SMILES string of the molecule is Cc1ccc2c(-c3cc(C(=O)O)[nH]n3)cn(C)c2c1. The molecule has 0 bridgehead atoms. The van der Waals surface area contributed by atoms with Crippen LogP contribution in [0.5, 0.6) is 0 Å². The maximum absolute atomic E-state index is 10.9. The summed E-state index contributed by atoms with van der Waals surface area (Å²) in [6, 6.07) is 7.73. The maximum Gasteiger partial charge on any atom is 0.353 e. The van der Waals surface area contributed by atoms with Crippen molar-refractivity contribution in [1.29, 1.82) is 0 Å². The molecule has 0 aliphatic carbocycles. The quantitative estimate of drug-likeness (QED) is 0.739. The number of carboxylic acid groups (broad SMARTS) is 1. The Morgan fingerprint density at radius 3 is 2.84 bits per heavy atom. The minimum atomic E-state index is -1.00. The molecule has 0 unspecified atom stereocenters. The lowest BCUT2D eigenvalue weighted by molar-refractivity contribution is 0.0690. The summed E-state index contributed by atoms with van der Waals surface area (Å²) >= 11 is 0. The minimum Gasteiger partial charge on any atom is -0.477 e. The summed E-state index contributed by atoms with van der Waals surface area (Å²) in [6.07, 6.45) is 1.96. The largest absolute Gasteiger partial charge is 0.477 e. The summed E-state index contributed by atoms with van der Waals surface area (Å²) in [5.41, 5.74) is 3.97. The molecule has 2 N–H and O–H groups in total. The number of fused-ring (bicyclic) bond motifs is 1. The Hall–Kier alpha value is -2.56. The van der Waals surface area contributed by atoms with Crippen molar-refractivity contribution in [3.05, 3.63) is 41.7 Å². The van der Waals surface area contributed by atoms with Gasteiger partial charge in [-0.15, -0.1) is 0 Å². The van der Waals surface area contributed by atoms with Crippen molar-refractivity contribution in [2.24, 2.45) is 7.05 Å². The van der Waals surface area contributed by atoms with Crippen molar-refractivity contribution in [3.63, 3.8) is 0 Å². The Kier molecular flexibility index (Phi) is 2.41. The van der Waals surface area contributed by atoms with E-state index in [9.17, 15) is 4.79 Å². The average molecular weight is 255 g/mol. The molecule has 0 fully saturated rings. The zero-order chi connectivity index (χ0) is 13.6. The highest BCUT2D eigenvalue weighted by molar-refractivity contribution is 5.96. The number of nitrogens with one attached hydrogen (secondary N) is 1. The zero-order valence-electron chi connectivity index (χ0n) is 10.6. The monoisotopic (exact) mass is 255 g/mol. The number of rotatable bonds is 2. The molecule has 96 valence electrons. The molecule has 3 rings (SSSR count). The smallest absolute Gasteiger partial charge is 0.353 e. The van der Waals surface area contributed by atoms with Gasteiger partial charge in [0.05, 0.1) is 5.69 Å². The van der Waals surface area contributed by atoms with Crippen LogP contribution >= 0.6 is 0 Å². The van der Waals surface area contributed by atoms with Crippen LogP contribution in [0.2, 0.25) is 0 Å². The van der Waals surface area contributed by atoms with Gasteiger partial charge in [-0.3, -0.25) is 5.10 Å². The molecule has 0 aliphatic rings. The van der Waals surface area contributed by atoms with E-state index >= 15 is 0 Å². The number of carbonyl (C=O) groups is 1. The van der Waals surface area contributed by atoms with Crippen LogP contribution in [-0.2, 0) is 7.05 Å². The molecule has 19 heavy (non-hydrogen) atoms. The third-order valence-electron chi connectivity index (χ3n) is 3.23. The molecular weight excluding hydrogens is 242 g/mol. The number of aromatic amines is 1. The molecule has 5 nitrogen and oxygen atoms in total. The van der Waals surface area contributed by atoms with E-state index in [1.165, 1.54) is 5.56 Å². The number of hydrogen-bond acceptors (Lipinski definition) is 2. The Bertz CT molecular complexity index is 783. The molecule has 0 radical (unpaired) electrons. The van der Waals surface area contributed by atoms with Crippen LogP contribution in [-0.4, -0.2) is 25.8 Å². The van der Waals surface area contributed by atoms with E-state index in [2.05, 4.69) is 16.3 Å². The van der Waals surface area contributed by atoms with Gasteiger partial charge in [-0.25, -0.2) is 4.79 Å². The summed E-state index contributed by atoms with van der Waals surface area (Å²) in [6.45, 7) is 2.04. The van der Waals surface area contributed by atoms with Crippen molar-refractivity contribution >= 4 is 16.9 Å². The molecule has 0 aliphatic heterocycles. The van der Waals surface area contributed by atoms with Crippen molar-refractivity contribution in [3.8, 4) is 11.3 Å². The number of nitrogens with zero attached hydrogens (tertiary/aromatic N) is 2. The van der Waals surface area contributed by atoms with Gasteiger partial charge < -0.3 is 9.67 Å². The van der Waals surface area contributed by atoms with Gasteiger partial charge in [0.15, 0.2) is 0 Å². The number of hydrogen-bond donors (Lipinski definition) is 2. The molecule has 0 atom stereocenters. The first-order valence-corrected chi connectivity index (χ1v) is 5.91. The number of carboxylic acids is 1. The number of aromatic carboxylic acids is 1. The Balaban J connectivity index is 2.22. The third-order valence-corrected chi connectivity index (χ3v) is 3.23. The van der Waals surface area contributed by atoms with E-state index in [-0.39, 0.29) is 5.69 Å². The Labute approximate surface area is 109 Å². The fourth-order valence-electron chi connectivity index (χ4n) is 2.27. The van der Waals surface area contributed by atoms with Gasteiger partial charge >= 0.3 is 5.97 Å². The number of benzene rings is 1. The molecule has 0 saturated heterocycles. The molecule has 0 amide bonds. The second-order valence-corrected chi connectivity index (χ2v) is 4.65. The second-order valence-electron chi connectivity index (χ2n) is 4.65. The first-order chi connectivity index (χ1) is 9.06. The summed E-state index contributed by atoms with van der Waals surface area (Å²) < 4.78 is 2.02. The predicted octanol–water partition coefficient (Wildman–Crippen LogP) is 2.58. The van der Waals surface area contributed by atoms with E-state index in [0.29, 0.717) is 5.69 Å². The third kappa shape index (κ3) is 1.79. The number of aryl methyl sites for hydroxylation is 2. The number of aromatic nitrogens is 3. The maximum atomic E-state index is 10.9. The van der Waals surface area contributed by atoms with Gasteiger partial charge in [-0.2, -0.15) is 5.10 Å². The molecule has 3 aromatic rings. The highest BCUT2D eigenvalue weighted by Crippen LogP contribution is 2.29. The zero-order valence-corrected chi connectivity index (χ0v) is 10.6. The van der Waals surface area contributed by atoms with Crippen LogP contribution in [0.25, 0.3) is 22.2 Å². The van der Waals surface area contributed by atoms with Crippen molar-refractivity contribution in [2.45, 2.75) is 6.92 Å². The van der Waals surface area contributed by atoms with E-state index < -0.39 is 5.97 Å². The Morgan fingerprint density at radius 1 is 1.37 bits per heavy atom. The molecule has 2 aromatic heterocycles. The van der Waals surface area contributed by atoms with Crippen LogP contribution in [0.15, 0.2) is 30.5 Å². The first-order valence-electron chi connectivity index (χ1n) is 5.91. The van der Waals surface area contributed by atoms with Crippen LogP contribution in [0, 0.1) is 6.92 Å². The van der Waals surface area contributed by atoms with Gasteiger partial charge in [0.2, 0.25) is 0 Å². The lowest BCUT2D eigenvalue weighted by Crippen LogP contribution is -1.95. The molecule has 0 spiro atoms. The lowest BCUT2D eigenvalue weighted by Gasteiger charge is -1.97. The van der Waals surface area contributed by atoms with Gasteiger partial charge in [-0.05, 0) is 24.6 Å². The molecule has 2 heterocycles. The highest BCUT2D eigenvalue weighted by atomic mass is 16.4. The molecule has 5 heteroatoms. The van der Waals surface area contributed by atoms with Crippen molar-refractivity contribution < 1.29 is 9.90 Å².